The second-order valence-corrected chi connectivity index (χ2v) is 5.46. The van der Waals surface area contributed by atoms with E-state index in [9.17, 15) is 5.26 Å². The third-order valence-electron chi connectivity index (χ3n) is 3.88. The molecule has 25 heavy (non-hydrogen) atoms. The summed E-state index contributed by atoms with van der Waals surface area (Å²) in [5.41, 5.74) is 1.55. The summed E-state index contributed by atoms with van der Waals surface area (Å²) in [6.45, 7) is 0. The molecule has 0 N–H and O–H groups in total. The van der Waals surface area contributed by atoms with Crippen molar-refractivity contribution in [1.82, 2.24) is 9.97 Å². The highest BCUT2D eigenvalue weighted by molar-refractivity contribution is 5.92. The summed E-state index contributed by atoms with van der Waals surface area (Å²) in [5.74, 6) is 1.73. The molecule has 0 aliphatic rings. The predicted molar refractivity (Wildman–Crippen MR) is 96.2 cm³/mol. The Labute approximate surface area is 145 Å². The number of fused-ring (bicyclic) bond motifs is 1. The molecule has 4 rings (SSSR count). The van der Waals surface area contributed by atoms with Crippen molar-refractivity contribution in [3.05, 3.63) is 84.6 Å². The molecule has 0 unspecified atom stereocenters. The molecule has 3 aromatic carbocycles. The highest BCUT2D eigenvalue weighted by atomic mass is 16.5. The van der Waals surface area contributed by atoms with E-state index < -0.39 is 0 Å². The lowest BCUT2D eigenvalue weighted by molar-refractivity contribution is 0.467. The number of nitrogens with zero attached hydrogens (tertiary/aromatic N) is 3. The van der Waals surface area contributed by atoms with Crippen molar-refractivity contribution in [3.63, 3.8) is 0 Å². The van der Waals surface area contributed by atoms with Gasteiger partial charge in [-0.3, -0.25) is 0 Å². The van der Waals surface area contributed by atoms with Gasteiger partial charge in [0.05, 0.1) is 11.6 Å². The zero-order valence-electron chi connectivity index (χ0n) is 13.3. The van der Waals surface area contributed by atoms with Crippen molar-refractivity contribution in [3.8, 4) is 29.1 Å². The molecule has 1 heterocycles. The lowest BCUT2D eigenvalue weighted by atomic mass is 10.0. The zero-order chi connectivity index (χ0) is 17.1. The van der Waals surface area contributed by atoms with Crippen LogP contribution in [-0.2, 0) is 0 Å². The Kier molecular flexibility index (Phi) is 3.82. The first-order valence-electron chi connectivity index (χ1n) is 7.83. The van der Waals surface area contributed by atoms with E-state index in [0.717, 1.165) is 16.3 Å². The lowest BCUT2D eigenvalue weighted by Crippen LogP contribution is -1.94. The van der Waals surface area contributed by atoms with Crippen LogP contribution in [0.2, 0.25) is 0 Å². The van der Waals surface area contributed by atoms with Crippen LogP contribution in [0.4, 0.5) is 0 Å². The summed E-state index contributed by atoms with van der Waals surface area (Å²) >= 11 is 0. The van der Waals surface area contributed by atoms with E-state index in [0.29, 0.717) is 23.0 Å². The van der Waals surface area contributed by atoms with E-state index >= 15 is 0 Å². The van der Waals surface area contributed by atoms with Crippen LogP contribution in [0, 0.1) is 11.3 Å². The number of aromatic nitrogens is 2. The van der Waals surface area contributed by atoms with E-state index in [2.05, 4.69) is 16.0 Å². The molecule has 4 nitrogen and oxygen atoms in total. The number of nitriles is 1. The van der Waals surface area contributed by atoms with Crippen LogP contribution in [-0.4, -0.2) is 9.97 Å². The van der Waals surface area contributed by atoms with Gasteiger partial charge in [0, 0.05) is 28.6 Å². The molecule has 0 spiro atoms. The molecule has 0 saturated heterocycles. The molecule has 0 amide bonds. The number of rotatable bonds is 3. The second kappa shape index (κ2) is 6.42. The molecule has 0 aliphatic heterocycles. The molecule has 0 atom stereocenters. The Balaban J connectivity index is 1.75. The maximum absolute atomic E-state index is 9.27. The van der Waals surface area contributed by atoms with Crippen molar-refractivity contribution in [2.45, 2.75) is 0 Å². The summed E-state index contributed by atoms with van der Waals surface area (Å²) in [6.07, 6.45) is 1.68. The molecule has 4 aromatic rings. The number of ether oxygens (including phenoxy) is 1. The van der Waals surface area contributed by atoms with Gasteiger partial charge in [-0.1, -0.05) is 54.6 Å². The molecule has 118 valence electrons. The first-order chi connectivity index (χ1) is 12.3. The van der Waals surface area contributed by atoms with Gasteiger partial charge in [0.25, 0.3) is 0 Å². The van der Waals surface area contributed by atoms with Crippen LogP contribution in [0.15, 0.2) is 79.0 Å². The van der Waals surface area contributed by atoms with Crippen LogP contribution in [0.1, 0.15) is 5.56 Å². The van der Waals surface area contributed by atoms with Gasteiger partial charge in [0.2, 0.25) is 5.88 Å². The third-order valence-corrected chi connectivity index (χ3v) is 3.88. The quantitative estimate of drug-likeness (QED) is 0.534. The first-order valence-corrected chi connectivity index (χ1v) is 7.83. The molecule has 0 saturated carbocycles. The molecular formula is C21H13N3O. The standard InChI is InChI=1S/C21H13N3O/c22-14-16-10-11-19(18-9-5-4-8-17(16)18)25-20-12-13-23-21(24-20)15-6-2-1-3-7-15/h1-13H. The zero-order valence-corrected chi connectivity index (χ0v) is 13.3. The predicted octanol–water partition coefficient (Wildman–Crippen LogP) is 4.96. The van der Waals surface area contributed by atoms with Crippen molar-refractivity contribution in [2.75, 3.05) is 0 Å². The fourth-order valence-corrected chi connectivity index (χ4v) is 2.70. The molecule has 0 aliphatic carbocycles. The Morgan fingerprint density at radius 1 is 0.800 bits per heavy atom. The van der Waals surface area contributed by atoms with Crippen LogP contribution in [0.5, 0.6) is 11.6 Å². The van der Waals surface area contributed by atoms with Gasteiger partial charge >= 0.3 is 0 Å². The molecule has 1 aromatic heterocycles. The summed E-state index contributed by atoms with van der Waals surface area (Å²) < 4.78 is 5.99. The van der Waals surface area contributed by atoms with Gasteiger partial charge in [-0.2, -0.15) is 10.2 Å². The normalized spacial score (nSPS) is 10.4. The maximum atomic E-state index is 9.27. The minimum atomic E-state index is 0.462. The fourth-order valence-electron chi connectivity index (χ4n) is 2.70. The van der Waals surface area contributed by atoms with E-state index in [1.165, 1.54) is 0 Å². The molecule has 0 bridgehead atoms. The van der Waals surface area contributed by atoms with Crippen LogP contribution in [0.25, 0.3) is 22.2 Å². The summed E-state index contributed by atoms with van der Waals surface area (Å²) in [7, 11) is 0. The van der Waals surface area contributed by atoms with Gasteiger partial charge in [0.15, 0.2) is 5.82 Å². The van der Waals surface area contributed by atoms with Gasteiger partial charge in [-0.05, 0) is 12.1 Å². The van der Waals surface area contributed by atoms with Crippen molar-refractivity contribution < 1.29 is 4.74 Å². The third kappa shape index (κ3) is 2.91. The Bertz CT molecular complexity index is 1080. The minimum Gasteiger partial charge on any atom is -0.438 e. The fraction of sp³-hybridized carbons (Fsp3) is 0. The van der Waals surface area contributed by atoms with Crippen LogP contribution in [0.3, 0.4) is 0 Å². The minimum absolute atomic E-state index is 0.462. The molecule has 0 fully saturated rings. The Morgan fingerprint density at radius 2 is 1.56 bits per heavy atom. The van der Waals surface area contributed by atoms with E-state index in [4.69, 9.17) is 4.74 Å². The van der Waals surface area contributed by atoms with Crippen molar-refractivity contribution in [1.29, 1.82) is 5.26 Å². The Morgan fingerprint density at radius 3 is 2.36 bits per heavy atom. The van der Waals surface area contributed by atoms with Crippen LogP contribution >= 0.6 is 0 Å². The van der Waals surface area contributed by atoms with E-state index in [1.54, 1.807) is 24.4 Å². The smallest absolute Gasteiger partial charge is 0.222 e. The number of hydrogen-bond donors (Lipinski definition) is 0. The number of benzene rings is 3. The van der Waals surface area contributed by atoms with Gasteiger partial charge in [-0.25, -0.2) is 4.98 Å². The van der Waals surface area contributed by atoms with E-state index in [-0.39, 0.29) is 0 Å². The average molecular weight is 323 g/mol. The highest BCUT2D eigenvalue weighted by Crippen LogP contribution is 2.31. The largest absolute Gasteiger partial charge is 0.438 e. The summed E-state index contributed by atoms with van der Waals surface area (Å²) in [6, 6.07) is 24.9. The van der Waals surface area contributed by atoms with Crippen molar-refractivity contribution >= 4 is 10.8 Å². The van der Waals surface area contributed by atoms with E-state index in [1.807, 2.05) is 54.6 Å². The lowest BCUT2D eigenvalue weighted by Gasteiger charge is -2.10. The highest BCUT2D eigenvalue weighted by Gasteiger charge is 2.09. The second-order valence-electron chi connectivity index (χ2n) is 5.46. The first kappa shape index (κ1) is 14.9. The molecule has 0 radical (unpaired) electrons. The Hall–Kier alpha value is -3.71. The maximum Gasteiger partial charge on any atom is 0.222 e. The summed E-state index contributed by atoms with van der Waals surface area (Å²) in [5, 5.41) is 11.0. The molecular weight excluding hydrogens is 310 g/mol. The van der Waals surface area contributed by atoms with Gasteiger partial charge in [-0.15, -0.1) is 0 Å². The van der Waals surface area contributed by atoms with Crippen molar-refractivity contribution in [2.24, 2.45) is 0 Å². The summed E-state index contributed by atoms with van der Waals surface area (Å²) in [4.78, 5) is 8.80. The van der Waals surface area contributed by atoms with Crippen LogP contribution < -0.4 is 4.74 Å². The van der Waals surface area contributed by atoms with Gasteiger partial charge < -0.3 is 4.74 Å². The molecule has 4 heteroatoms. The number of hydrogen-bond acceptors (Lipinski definition) is 4. The monoisotopic (exact) mass is 323 g/mol. The SMILES string of the molecule is N#Cc1ccc(Oc2ccnc(-c3ccccc3)n2)c2ccccc12. The van der Waals surface area contributed by atoms with Gasteiger partial charge in [0.1, 0.15) is 5.75 Å². The average Bonchev–Trinajstić information content (AvgIpc) is 2.69. The topological polar surface area (TPSA) is 58.8 Å².